The number of pyridine rings is 1. The Kier molecular flexibility index (Phi) is 10.2. The van der Waals surface area contributed by atoms with E-state index in [1.54, 1.807) is 38.9 Å². The number of hydrogen-bond acceptors (Lipinski definition) is 9. The van der Waals surface area contributed by atoms with Gasteiger partial charge in [-0.1, -0.05) is 30.9 Å². The molecule has 3 aliphatic rings. The fraction of sp³-hybridized carbons (Fsp3) is 0.514. The summed E-state index contributed by atoms with van der Waals surface area (Å²) in [7, 11) is 1.71. The highest BCUT2D eigenvalue weighted by Gasteiger charge is 2.37. The number of rotatable bonds is 3. The van der Waals surface area contributed by atoms with E-state index in [9.17, 15) is 19.2 Å². The summed E-state index contributed by atoms with van der Waals surface area (Å²) in [4.78, 5) is 61.1. The highest BCUT2D eigenvalue weighted by Crippen LogP contribution is 2.28. The maximum atomic E-state index is 13.8. The van der Waals surface area contributed by atoms with Crippen LogP contribution in [0.15, 0.2) is 48.7 Å². The monoisotopic (exact) mass is 645 g/mol. The predicted octanol–water partition coefficient (Wildman–Crippen LogP) is 3.30. The van der Waals surface area contributed by atoms with E-state index >= 15 is 0 Å². The number of amides is 3. The first kappa shape index (κ1) is 33.9. The van der Waals surface area contributed by atoms with Gasteiger partial charge in [0.1, 0.15) is 17.9 Å². The number of piperidine rings is 1. The van der Waals surface area contributed by atoms with E-state index in [1.807, 2.05) is 43.3 Å². The molecular formula is C35H47N7O5. The molecule has 12 nitrogen and oxygen atoms in total. The van der Waals surface area contributed by atoms with Crippen LogP contribution in [0.1, 0.15) is 65.4 Å². The number of likely N-dealkylation sites (tertiary alicyclic amines) is 1. The molecule has 2 saturated heterocycles. The van der Waals surface area contributed by atoms with E-state index in [0.717, 1.165) is 36.0 Å². The van der Waals surface area contributed by atoms with Gasteiger partial charge < -0.3 is 15.0 Å². The lowest BCUT2D eigenvalue weighted by Gasteiger charge is -2.37. The summed E-state index contributed by atoms with van der Waals surface area (Å²) in [6.45, 7) is 13.1. The second-order valence-corrected chi connectivity index (χ2v) is 13.6. The quantitative estimate of drug-likeness (QED) is 0.430. The first-order valence-electron chi connectivity index (χ1n) is 16.4. The molecule has 4 atom stereocenters. The summed E-state index contributed by atoms with van der Waals surface area (Å²) in [5, 5.41) is 6.66. The molecule has 252 valence electrons. The number of aromatic nitrogens is 1. The number of cyclic esters (lactones) is 1. The molecule has 0 spiro atoms. The molecular weight excluding hydrogens is 598 g/mol. The van der Waals surface area contributed by atoms with Crippen molar-refractivity contribution >= 4 is 46.5 Å². The average molecular weight is 646 g/mol. The zero-order valence-electron chi connectivity index (χ0n) is 28.0. The van der Waals surface area contributed by atoms with Crippen LogP contribution in [0.5, 0.6) is 0 Å². The highest BCUT2D eigenvalue weighted by molar-refractivity contribution is 5.91. The molecule has 0 aliphatic carbocycles. The molecule has 0 saturated carbocycles. The highest BCUT2D eigenvalue weighted by atomic mass is 16.5. The number of allylic oxidation sites excluding steroid dienone is 1. The fourth-order valence-corrected chi connectivity index (χ4v) is 6.22. The van der Waals surface area contributed by atoms with Crippen molar-refractivity contribution < 1.29 is 23.9 Å². The molecule has 3 amide bonds. The van der Waals surface area contributed by atoms with Crippen LogP contribution in [0.4, 0.5) is 5.82 Å². The number of hydrazine groups is 2. The van der Waals surface area contributed by atoms with Crippen LogP contribution >= 0.6 is 0 Å². The molecule has 3 unspecified atom stereocenters. The zero-order chi connectivity index (χ0) is 33.9. The number of anilines is 1. The SMILES string of the molecule is C=C(C)N1CCC[C@@H](CC2OC(=O)C(C)(C)/C=C/c3ccc4ccc(nc4c3)N(C)NC(=O)C3CCCN(N3)C(=O)C(C)NC2=O)C1. The third-order valence-electron chi connectivity index (χ3n) is 9.19. The third kappa shape index (κ3) is 8.10. The van der Waals surface area contributed by atoms with Gasteiger partial charge in [0, 0.05) is 37.8 Å². The van der Waals surface area contributed by atoms with Crippen molar-refractivity contribution in [2.45, 2.75) is 78.0 Å². The van der Waals surface area contributed by atoms with Crippen LogP contribution in [-0.2, 0) is 23.9 Å². The number of nitrogens with one attached hydrogen (secondary N) is 3. The van der Waals surface area contributed by atoms with Gasteiger partial charge in [-0.3, -0.25) is 34.6 Å². The number of fused-ring (bicyclic) bond motifs is 4. The summed E-state index contributed by atoms with van der Waals surface area (Å²) >= 11 is 0. The molecule has 2 aromatic rings. The Labute approximate surface area is 276 Å². The lowest BCUT2D eigenvalue weighted by Crippen LogP contribution is -2.62. The maximum Gasteiger partial charge on any atom is 0.316 e. The molecule has 5 bridgehead atoms. The molecule has 47 heavy (non-hydrogen) atoms. The van der Waals surface area contributed by atoms with E-state index in [-0.39, 0.29) is 17.7 Å². The Morgan fingerprint density at radius 2 is 1.81 bits per heavy atom. The van der Waals surface area contributed by atoms with Gasteiger partial charge in [-0.15, -0.1) is 0 Å². The van der Waals surface area contributed by atoms with E-state index < -0.39 is 35.5 Å². The van der Waals surface area contributed by atoms with E-state index in [4.69, 9.17) is 9.72 Å². The molecule has 4 heterocycles. The number of esters is 1. The molecule has 12 heteroatoms. The van der Waals surface area contributed by atoms with Crippen molar-refractivity contribution in [2.75, 3.05) is 31.7 Å². The van der Waals surface area contributed by atoms with Crippen LogP contribution < -0.4 is 21.2 Å². The minimum absolute atomic E-state index is 0.0966. The van der Waals surface area contributed by atoms with Gasteiger partial charge in [0.25, 0.3) is 17.7 Å². The van der Waals surface area contributed by atoms with Gasteiger partial charge in [-0.25, -0.2) is 10.4 Å². The van der Waals surface area contributed by atoms with E-state index in [2.05, 4.69) is 27.6 Å². The van der Waals surface area contributed by atoms with Crippen molar-refractivity contribution in [1.29, 1.82) is 0 Å². The molecule has 5 rings (SSSR count). The summed E-state index contributed by atoms with van der Waals surface area (Å²) in [5.41, 5.74) is 7.35. The third-order valence-corrected chi connectivity index (χ3v) is 9.19. The van der Waals surface area contributed by atoms with Crippen molar-refractivity contribution in [3.63, 3.8) is 0 Å². The number of ether oxygens (including phenoxy) is 1. The van der Waals surface area contributed by atoms with Gasteiger partial charge >= 0.3 is 5.97 Å². The summed E-state index contributed by atoms with van der Waals surface area (Å²) in [6.07, 6.45) is 5.78. The number of carbonyl (C=O) groups is 4. The standard InChI is InChI=1S/C35H47N7O5/c1-22(2)41-17-7-9-25(21-41)20-29-32(44)36-23(3)33(45)42-18-8-10-27(38-42)31(43)39-40(6)30-14-13-26-12-11-24(19-28(26)37-30)15-16-35(4,5)34(46)47-29/h11-16,19,23,25,27,29,38H,1,7-10,17-18,20-21H2,2-6H3,(H,36,44)(H,39,43)/b16-15+/t23?,25-,27?,29?/m0/s1. The van der Waals surface area contributed by atoms with Crippen LogP contribution in [0.2, 0.25) is 0 Å². The van der Waals surface area contributed by atoms with Crippen LogP contribution in [-0.4, -0.2) is 83.5 Å². The fourth-order valence-electron chi connectivity index (χ4n) is 6.22. The van der Waals surface area contributed by atoms with Crippen LogP contribution in [0, 0.1) is 11.3 Å². The topological polar surface area (TPSA) is 136 Å². The number of nitrogens with zero attached hydrogens (tertiary/aromatic N) is 4. The first-order valence-corrected chi connectivity index (χ1v) is 16.4. The Hall–Kier alpha value is -4.45. The van der Waals surface area contributed by atoms with Gasteiger partial charge in [0.15, 0.2) is 6.10 Å². The van der Waals surface area contributed by atoms with Crippen molar-refractivity contribution in [3.05, 3.63) is 54.2 Å². The lowest BCUT2D eigenvalue weighted by atomic mass is 9.90. The van der Waals surface area contributed by atoms with Crippen molar-refractivity contribution in [2.24, 2.45) is 11.3 Å². The molecule has 1 aromatic heterocycles. The van der Waals surface area contributed by atoms with Crippen LogP contribution in [0.3, 0.4) is 0 Å². The van der Waals surface area contributed by atoms with Crippen molar-refractivity contribution in [3.8, 4) is 0 Å². The molecule has 2 fully saturated rings. The number of benzene rings is 1. The van der Waals surface area contributed by atoms with E-state index in [1.165, 1.54) is 5.01 Å². The Bertz CT molecular complexity index is 1570. The number of hydrogen-bond donors (Lipinski definition) is 3. The predicted molar refractivity (Wildman–Crippen MR) is 180 cm³/mol. The molecule has 0 radical (unpaired) electrons. The summed E-state index contributed by atoms with van der Waals surface area (Å²) in [5.74, 6) is -1.13. The van der Waals surface area contributed by atoms with Crippen LogP contribution in [0.25, 0.3) is 17.0 Å². The maximum absolute atomic E-state index is 13.8. The number of carbonyl (C=O) groups excluding carboxylic acids is 4. The van der Waals surface area contributed by atoms with Gasteiger partial charge in [-0.2, -0.15) is 0 Å². The van der Waals surface area contributed by atoms with Gasteiger partial charge in [0.05, 0.1) is 10.9 Å². The second-order valence-electron chi connectivity index (χ2n) is 13.6. The Balaban J connectivity index is 1.46. The Morgan fingerprint density at radius 3 is 2.57 bits per heavy atom. The molecule has 3 N–H and O–H groups in total. The van der Waals surface area contributed by atoms with Gasteiger partial charge in [0.2, 0.25) is 0 Å². The largest absolute Gasteiger partial charge is 0.452 e. The molecule has 3 aliphatic heterocycles. The van der Waals surface area contributed by atoms with Gasteiger partial charge in [-0.05, 0) is 89.5 Å². The average Bonchev–Trinajstić information content (AvgIpc) is 3.05. The second kappa shape index (κ2) is 14.1. The zero-order valence-corrected chi connectivity index (χ0v) is 28.0. The summed E-state index contributed by atoms with van der Waals surface area (Å²) < 4.78 is 5.99. The smallest absolute Gasteiger partial charge is 0.316 e. The Morgan fingerprint density at radius 1 is 1.06 bits per heavy atom. The van der Waals surface area contributed by atoms with E-state index in [0.29, 0.717) is 43.7 Å². The molecule has 1 aromatic carbocycles. The lowest BCUT2D eigenvalue weighted by molar-refractivity contribution is -0.164. The minimum Gasteiger partial charge on any atom is -0.452 e. The minimum atomic E-state index is -1.10. The first-order chi connectivity index (χ1) is 22.3. The summed E-state index contributed by atoms with van der Waals surface area (Å²) in [6, 6.07) is 7.95. The normalized spacial score (nSPS) is 26.8. The van der Waals surface area contributed by atoms with Crippen molar-refractivity contribution in [1.82, 2.24) is 31.1 Å².